The van der Waals surface area contributed by atoms with E-state index in [2.05, 4.69) is 9.97 Å². The number of fused-ring (bicyclic) bond motifs is 1. The van der Waals surface area contributed by atoms with Gasteiger partial charge in [0.1, 0.15) is 17.9 Å². The summed E-state index contributed by atoms with van der Waals surface area (Å²) in [4.78, 5) is 8.35. The van der Waals surface area contributed by atoms with E-state index in [-0.39, 0.29) is 6.61 Å². The highest BCUT2D eigenvalue weighted by molar-refractivity contribution is 6.62. The summed E-state index contributed by atoms with van der Waals surface area (Å²) >= 11 is 12.2. The molecule has 0 unspecified atom stereocenters. The van der Waals surface area contributed by atoms with E-state index in [4.69, 9.17) is 27.9 Å². The lowest BCUT2D eigenvalue weighted by molar-refractivity contribution is 0.309. The number of benzene rings is 1. The zero-order chi connectivity index (χ0) is 17.3. The Morgan fingerprint density at radius 2 is 1.88 bits per heavy atom. The monoisotopic (exact) mass is 362 g/mol. The van der Waals surface area contributed by atoms with E-state index in [1.807, 2.05) is 0 Å². The highest BCUT2D eigenvalue weighted by Gasteiger charge is 2.18. The Morgan fingerprint density at radius 3 is 2.54 bits per heavy atom. The fraction of sp³-hybridized carbons (Fsp3) is 0.125. The Labute approximate surface area is 149 Å². The van der Waals surface area contributed by atoms with E-state index in [1.165, 1.54) is 12.4 Å². The number of aryl methyl sites for hydroxylation is 1. The summed E-state index contributed by atoms with van der Waals surface area (Å²) in [5.41, 5.74) is 2.20. The maximum Gasteiger partial charge on any atom is 0.489 e. The van der Waals surface area contributed by atoms with Crippen molar-refractivity contribution >= 4 is 46.7 Å². The molecule has 0 spiro atoms. The van der Waals surface area contributed by atoms with Crippen LogP contribution >= 0.6 is 23.2 Å². The molecule has 24 heavy (non-hydrogen) atoms. The van der Waals surface area contributed by atoms with Crippen molar-refractivity contribution in [3.63, 3.8) is 0 Å². The van der Waals surface area contributed by atoms with Gasteiger partial charge in [0, 0.05) is 29.0 Å². The molecule has 0 radical (unpaired) electrons. The van der Waals surface area contributed by atoms with Crippen LogP contribution in [0.1, 0.15) is 11.3 Å². The number of halogens is 2. The van der Waals surface area contributed by atoms with Crippen LogP contribution < -0.4 is 10.2 Å². The molecule has 3 aromatic rings. The Kier molecular flexibility index (Phi) is 4.92. The molecule has 0 aliphatic heterocycles. The molecule has 2 N–H and O–H groups in total. The van der Waals surface area contributed by atoms with Crippen LogP contribution in [0.3, 0.4) is 0 Å². The van der Waals surface area contributed by atoms with Crippen LogP contribution in [-0.4, -0.2) is 27.1 Å². The summed E-state index contributed by atoms with van der Waals surface area (Å²) in [5, 5.41) is 20.6. The molecule has 0 aliphatic carbocycles. The number of rotatable bonds is 4. The maximum absolute atomic E-state index is 9.56. The number of ether oxygens (including phenoxy) is 1. The lowest BCUT2D eigenvalue weighted by atomic mass is 9.77. The Morgan fingerprint density at radius 1 is 1.17 bits per heavy atom. The molecule has 2 aromatic heterocycles. The first kappa shape index (κ1) is 17.0. The summed E-state index contributed by atoms with van der Waals surface area (Å²) in [5.74, 6) is 0.502. The molecule has 3 rings (SSSR count). The van der Waals surface area contributed by atoms with Crippen LogP contribution in [0.5, 0.6) is 5.75 Å². The van der Waals surface area contributed by atoms with Gasteiger partial charge in [-0.05, 0) is 24.5 Å². The first-order valence-electron chi connectivity index (χ1n) is 7.14. The van der Waals surface area contributed by atoms with Crippen molar-refractivity contribution in [2.45, 2.75) is 13.5 Å². The molecule has 0 amide bonds. The predicted molar refractivity (Wildman–Crippen MR) is 94.9 cm³/mol. The van der Waals surface area contributed by atoms with Crippen molar-refractivity contribution in [3.05, 3.63) is 58.0 Å². The minimum absolute atomic E-state index is 0.145. The van der Waals surface area contributed by atoms with Gasteiger partial charge < -0.3 is 14.8 Å². The van der Waals surface area contributed by atoms with Gasteiger partial charge in [-0.15, -0.1) is 0 Å². The van der Waals surface area contributed by atoms with E-state index in [0.717, 1.165) is 0 Å². The van der Waals surface area contributed by atoms with E-state index in [9.17, 15) is 10.0 Å². The first-order valence-corrected chi connectivity index (χ1v) is 7.90. The van der Waals surface area contributed by atoms with Gasteiger partial charge >= 0.3 is 7.12 Å². The number of para-hydroxylation sites is 1. The van der Waals surface area contributed by atoms with E-state index in [0.29, 0.717) is 43.4 Å². The highest BCUT2D eigenvalue weighted by atomic mass is 35.5. The smallest absolute Gasteiger partial charge is 0.487 e. The molecule has 0 atom stereocenters. The van der Waals surface area contributed by atoms with Gasteiger partial charge in [0.2, 0.25) is 0 Å². The number of pyridine rings is 2. The molecule has 5 nitrogen and oxygen atoms in total. The van der Waals surface area contributed by atoms with Gasteiger partial charge in [-0.1, -0.05) is 35.3 Å². The van der Waals surface area contributed by atoms with Gasteiger partial charge in [-0.2, -0.15) is 0 Å². The fourth-order valence-electron chi connectivity index (χ4n) is 2.44. The third kappa shape index (κ3) is 3.32. The number of hydrogen-bond acceptors (Lipinski definition) is 5. The summed E-state index contributed by atoms with van der Waals surface area (Å²) in [6, 6.07) is 6.91. The number of nitrogens with zero attached hydrogens (tertiary/aromatic N) is 2. The molecule has 0 saturated carbocycles. The second kappa shape index (κ2) is 6.95. The molecule has 2 heterocycles. The molecule has 1 aromatic carbocycles. The molecular formula is C16H13BCl2N2O3. The van der Waals surface area contributed by atoms with Crippen LogP contribution in [0.25, 0.3) is 10.9 Å². The third-order valence-electron chi connectivity index (χ3n) is 3.57. The molecule has 0 bridgehead atoms. The third-order valence-corrected chi connectivity index (χ3v) is 4.22. The topological polar surface area (TPSA) is 75.5 Å². The first-order chi connectivity index (χ1) is 11.5. The lowest BCUT2D eigenvalue weighted by Crippen LogP contribution is -2.31. The number of aromatic nitrogens is 2. The summed E-state index contributed by atoms with van der Waals surface area (Å²) in [7, 11) is -1.59. The van der Waals surface area contributed by atoms with E-state index >= 15 is 0 Å². The van der Waals surface area contributed by atoms with Crippen molar-refractivity contribution in [2.75, 3.05) is 0 Å². The van der Waals surface area contributed by atoms with Crippen molar-refractivity contribution in [2.24, 2.45) is 0 Å². The van der Waals surface area contributed by atoms with E-state index < -0.39 is 7.12 Å². The SMILES string of the molecule is Cc1cc(B(O)O)c2cccc(OCc3c(Cl)cncc3Cl)c2n1. The largest absolute Gasteiger partial charge is 0.489 e. The van der Waals surface area contributed by atoms with Gasteiger partial charge in [-0.3, -0.25) is 4.98 Å². The molecular weight excluding hydrogens is 350 g/mol. The van der Waals surface area contributed by atoms with Crippen molar-refractivity contribution < 1.29 is 14.8 Å². The van der Waals surface area contributed by atoms with Crippen LogP contribution in [-0.2, 0) is 6.61 Å². The second-order valence-corrected chi connectivity index (χ2v) is 6.06. The zero-order valence-corrected chi connectivity index (χ0v) is 14.2. The Bertz CT molecular complexity index is 886. The summed E-state index contributed by atoms with van der Waals surface area (Å²) < 4.78 is 5.83. The average Bonchev–Trinajstić information content (AvgIpc) is 2.53. The average molecular weight is 363 g/mol. The summed E-state index contributed by atoms with van der Waals surface area (Å²) in [6.45, 7) is 1.92. The quantitative estimate of drug-likeness (QED) is 0.697. The predicted octanol–water partition coefficient (Wildman–Crippen LogP) is 2.50. The van der Waals surface area contributed by atoms with Gasteiger partial charge in [0.25, 0.3) is 0 Å². The normalized spacial score (nSPS) is 10.9. The van der Waals surface area contributed by atoms with Gasteiger partial charge in [0.15, 0.2) is 0 Å². The highest BCUT2D eigenvalue weighted by Crippen LogP contribution is 2.28. The number of hydrogen-bond donors (Lipinski definition) is 2. The van der Waals surface area contributed by atoms with Crippen molar-refractivity contribution in [3.8, 4) is 5.75 Å². The molecule has 0 saturated heterocycles. The van der Waals surface area contributed by atoms with Crippen LogP contribution in [0.2, 0.25) is 10.0 Å². The van der Waals surface area contributed by atoms with E-state index in [1.54, 1.807) is 31.2 Å². The fourth-order valence-corrected chi connectivity index (χ4v) is 2.91. The Hall–Kier alpha value is -1.86. The molecule has 122 valence electrons. The molecule has 8 heteroatoms. The van der Waals surface area contributed by atoms with Crippen LogP contribution in [0.15, 0.2) is 36.7 Å². The van der Waals surface area contributed by atoms with Crippen LogP contribution in [0.4, 0.5) is 0 Å². The second-order valence-electron chi connectivity index (χ2n) is 5.25. The van der Waals surface area contributed by atoms with Gasteiger partial charge in [-0.25, -0.2) is 4.98 Å². The van der Waals surface area contributed by atoms with Crippen molar-refractivity contribution in [1.29, 1.82) is 0 Å². The van der Waals surface area contributed by atoms with Gasteiger partial charge in [0.05, 0.1) is 10.0 Å². The maximum atomic E-state index is 9.56. The zero-order valence-electron chi connectivity index (χ0n) is 12.7. The minimum atomic E-state index is -1.59. The van der Waals surface area contributed by atoms with Crippen LogP contribution in [0, 0.1) is 6.92 Å². The van der Waals surface area contributed by atoms with Crippen molar-refractivity contribution in [1.82, 2.24) is 9.97 Å². The standard InChI is InChI=1S/C16H13BCl2N2O3/c1-9-5-12(17(22)23)10-3-2-4-15(16(10)21-9)24-8-11-13(18)6-20-7-14(11)19/h2-7,22-23H,8H2,1H3. The molecule has 0 aliphatic rings. The summed E-state index contributed by atoms with van der Waals surface area (Å²) in [6.07, 6.45) is 3.00. The molecule has 0 fully saturated rings. The minimum Gasteiger partial charge on any atom is -0.487 e. The lowest BCUT2D eigenvalue weighted by Gasteiger charge is -2.13. The Balaban J connectivity index is 2.01.